The zero-order chi connectivity index (χ0) is 23.3. The van der Waals surface area contributed by atoms with Gasteiger partial charge in [0.15, 0.2) is 0 Å². The molecule has 6 rings (SSSR count). The van der Waals surface area contributed by atoms with Gasteiger partial charge in [-0.15, -0.1) is 0 Å². The maximum Gasteiger partial charge on any atom is 0.410 e. The highest BCUT2D eigenvalue weighted by atomic mass is 16.6. The van der Waals surface area contributed by atoms with Gasteiger partial charge in [-0.05, 0) is 54.0 Å². The summed E-state index contributed by atoms with van der Waals surface area (Å²) in [4.78, 5) is 15.4. The molecule has 34 heavy (non-hydrogen) atoms. The molecule has 2 saturated heterocycles. The maximum absolute atomic E-state index is 13.4. The van der Waals surface area contributed by atoms with Crippen molar-refractivity contribution in [3.8, 4) is 11.1 Å². The monoisotopic (exact) mass is 453 g/mol. The minimum absolute atomic E-state index is 0.00875. The molecule has 3 aliphatic rings. The fraction of sp³-hybridized carbons (Fsp3) is 0.367. The number of amides is 1. The molecule has 1 N–H and O–H groups in total. The van der Waals surface area contributed by atoms with Crippen molar-refractivity contribution in [1.29, 1.82) is 0 Å². The number of hydrogen-bond donors (Lipinski definition) is 1. The van der Waals surface area contributed by atoms with E-state index in [1.165, 1.54) is 27.8 Å². The Bertz CT molecular complexity index is 1160. The van der Waals surface area contributed by atoms with Gasteiger partial charge in [0.05, 0.1) is 5.60 Å². The molecule has 2 fully saturated rings. The second-order valence-corrected chi connectivity index (χ2v) is 10.3. The minimum Gasteiger partial charge on any atom is -0.448 e. The third-order valence-corrected chi connectivity index (χ3v) is 8.14. The Balaban J connectivity index is 1.20. The number of carbonyl (C=O) groups excluding carboxylic acids is 1. The van der Waals surface area contributed by atoms with Gasteiger partial charge < -0.3 is 14.7 Å². The van der Waals surface area contributed by atoms with Crippen molar-refractivity contribution in [3.05, 3.63) is 95.1 Å². The van der Waals surface area contributed by atoms with Gasteiger partial charge in [-0.25, -0.2) is 4.79 Å². The van der Waals surface area contributed by atoms with Gasteiger partial charge in [-0.3, -0.25) is 0 Å². The Hall–Kier alpha value is -3.11. The average molecular weight is 454 g/mol. The molecule has 3 aromatic rings. The van der Waals surface area contributed by atoms with E-state index in [0.717, 1.165) is 24.8 Å². The van der Waals surface area contributed by atoms with Crippen molar-refractivity contribution in [2.75, 3.05) is 6.61 Å². The van der Waals surface area contributed by atoms with Crippen LogP contribution in [-0.4, -0.2) is 34.8 Å². The van der Waals surface area contributed by atoms with Crippen molar-refractivity contribution in [2.45, 2.75) is 62.6 Å². The van der Waals surface area contributed by atoms with E-state index in [4.69, 9.17) is 4.74 Å². The van der Waals surface area contributed by atoms with Gasteiger partial charge in [-0.1, -0.05) is 78.4 Å². The Kier molecular flexibility index (Phi) is 5.22. The van der Waals surface area contributed by atoms with E-state index in [1.807, 2.05) is 17.0 Å². The molecule has 1 aliphatic carbocycles. The summed E-state index contributed by atoms with van der Waals surface area (Å²) in [6, 6.07) is 25.0. The molecule has 2 atom stereocenters. The van der Waals surface area contributed by atoms with Crippen molar-refractivity contribution in [2.24, 2.45) is 0 Å². The molecule has 1 amide bonds. The highest BCUT2D eigenvalue weighted by Gasteiger charge is 2.48. The van der Waals surface area contributed by atoms with Gasteiger partial charge >= 0.3 is 6.09 Å². The van der Waals surface area contributed by atoms with Crippen LogP contribution in [0.15, 0.2) is 72.8 Å². The van der Waals surface area contributed by atoms with Crippen LogP contribution >= 0.6 is 0 Å². The van der Waals surface area contributed by atoms with E-state index in [0.29, 0.717) is 19.4 Å². The topological polar surface area (TPSA) is 49.8 Å². The lowest BCUT2D eigenvalue weighted by atomic mass is 9.72. The van der Waals surface area contributed by atoms with Gasteiger partial charge in [0.25, 0.3) is 0 Å². The smallest absolute Gasteiger partial charge is 0.410 e. The molecule has 3 aromatic carbocycles. The first-order chi connectivity index (χ1) is 16.5. The Morgan fingerprint density at radius 3 is 2.06 bits per heavy atom. The molecule has 0 aromatic heterocycles. The van der Waals surface area contributed by atoms with Crippen LogP contribution in [0, 0.1) is 6.92 Å². The molecule has 0 spiro atoms. The van der Waals surface area contributed by atoms with Gasteiger partial charge in [0.1, 0.15) is 6.61 Å². The number of nitrogens with zero attached hydrogens (tertiary/aromatic N) is 1. The number of benzene rings is 3. The summed E-state index contributed by atoms with van der Waals surface area (Å²) < 4.78 is 6.01. The minimum atomic E-state index is -0.885. The van der Waals surface area contributed by atoms with Crippen molar-refractivity contribution in [3.63, 3.8) is 0 Å². The zero-order valence-corrected chi connectivity index (χ0v) is 19.6. The summed E-state index contributed by atoms with van der Waals surface area (Å²) >= 11 is 0. The lowest BCUT2D eigenvalue weighted by Crippen LogP contribution is -2.59. The van der Waals surface area contributed by atoms with Crippen molar-refractivity contribution < 1.29 is 14.6 Å². The quantitative estimate of drug-likeness (QED) is 0.518. The molecule has 4 heteroatoms. The number of fused-ring (bicyclic) bond motifs is 5. The van der Waals surface area contributed by atoms with E-state index >= 15 is 0 Å². The normalized spacial score (nSPS) is 25.5. The van der Waals surface area contributed by atoms with E-state index in [-0.39, 0.29) is 24.1 Å². The Morgan fingerprint density at radius 2 is 1.47 bits per heavy atom. The van der Waals surface area contributed by atoms with E-state index in [9.17, 15) is 9.90 Å². The standard InChI is InChI=1S/C30H31NO3/c1-20-13-15-21(16-14-20)30(33)17-22-7-6-8-23(18-30)31(22)29(32)34-19-28-26-11-4-2-9-24(26)25-10-3-5-12-27(25)28/h2-5,9-16,22-23,28,33H,6-8,17-19H2,1H3. The molecule has 0 radical (unpaired) electrons. The van der Waals surface area contributed by atoms with Crippen LogP contribution in [0.2, 0.25) is 0 Å². The second-order valence-electron chi connectivity index (χ2n) is 10.3. The second kappa shape index (κ2) is 8.28. The number of carbonyl (C=O) groups is 1. The third kappa shape index (κ3) is 3.52. The summed E-state index contributed by atoms with van der Waals surface area (Å²) in [7, 11) is 0. The van der Waals surface area contributed by atoms with Crippen molar-refractivity contribution >= 4 is 6.09 Å². The molecule has 0 saturated carbocycles. The van der Waals surface area contributed by atoms with Gasteiger partial charge in [0.2, 0.25) is 0 Å². The first-order valence-corrected chi connectivity index (χ1v) is 12.5. The Labute approximate surface area is 201 Å². The summed E-state index contributed by atoms with van der Waals surface area (Å²) in [6.45, 7) is 2.40. The van der Waals surface area contributed by atoms with Crippen LogP contribution < -0.4 is 0 Å². The largest absolute Gasteiger partial charge is 0.448 e. The lowest BCUT2D eigenvalue weighted by molar-refractivity contribution is -0.0891. The predicted molar refractivity (Wildman–Crippen MR) is 133 cm³/mol. The summed E-state index contributed by atoms with van der Waals surface area (Å²) in [5, 5.41) is 11.6. The number of aryl methyl sites for hydroxylation is 1. The highest BCUT2D eigenvalue weighted by Crippen LogP contribution is 2.46. The number of ether oxygens (including phenoxy) is 1. The van der Waals surface area contributed by atoms with Crippen LogP contribution in [0.25, 0.3) is 11.1 Å². The van der Waals surface area contributed by atoms with Crippen molar-refractivity contribution in [1.82, 2.24) is 4.90 Å². The third-order valence-electron chi connectivity index (χ3n) is 8.14. The van der Waals surface area contributed by atoms with Crippen LogP contribution in [0.4, 0.5) is 4.79 Å². The van der Waals surface area contributed by atoms with Crippen LogP contribution in [0.3, 0.4) is 0 Å². The maximum atomic E-state index is 13.4. The number of aliphatic hydroxyl groups is 1. The molecular formula is C30H31NO3. The molecule has 2 heterocycles. The van der Waals surface area contributed by atoms with E-state index in [1.54, 1.807) is 0 Å². The fourth-order valence-electron chi connectivity index (χ4n) is 6.50. The van der Waals surface area contributed by atoms with Crippen LogP contribution in [0.5, 0.6) is 0 Å². The summed E-state index contributed by atoms with van der Waals surface area (Å²) in [6.07, 6.45) is 3.81. The molecule has 4 nitrogen and oxygen atoms in total. The van der Waals surface area contributed by atoms with Crippen LogP contribution in [0.1, 0.15) is 60.3 Å². The van der Waals surface area contributed by atoms with E-state index in [2.05, 4.69) is 67.6 Å². The predicted octanol–water partition coefficient (Wildman–Crippen LogP) is 6.15. The Morgan fingerprint density at radius 1 is 0.912 bits per heavy atom. The zero-order valence-electron chi connectivity index (χ0n) is 19.6. The van der Waals surface area contributed by atoms with Gasteiger partial charge in [0, 0.05) is 30.8 Å². The van der Waals surface area contributed by atoms with Gasteiger partial charge in [-0.2, -0.15) is 0 Å². The molecule has 2 unspecified atom stereocenters. The number of piperidine rings is 2. The molecule has 2 aliphatic heterocycles. The average Bonchev–Trinajstić information content (AvgIpc) is 3.16. The fourth-order valence-corrected chi connectivity index (χ4v) is 6.50. The first kappa shape index (κ1) is 21.4. The summed E-state index contributed by atoms with van der Waals surface area (Å²) in [5.74, 6) is 0.0606. The number of rotatable bonds is 3. The molecule has 2 bridgehead atoms. The number of hydrogen-bond acceptors (Lipinski definition) is 3. The highest BCUT2D eigenvalue weighted by molar-refractivity contribution is 5.79. The SMILES string of the molecule is Cc1ccc(C2(O)CC3CCCC(C2)N3C(=O)OCC2c3ccccc3-c3ccccc32)cc1. The van der Waals surface area contributed by atoms with E-state index < -0.39 is 5.60 Å². The molecule has 174 valence electrons. The first-order valence-electron chi connectivity index (χ1n) is 12.5. The summed E-state index contributed by atoms with van der Waals surface area (Å²) in [5.41, 5.74) is 6.18. The molecular weight excluding hydrogens is 422 g/mol. The lowest BCUT2D eigenvalue weighted by Gasteiger charge is -2.51. The van der Waals surface area contributed by atoms with Crippen LogP contribution in [-0.2, 0) is 10.3 Å².